The highest BCUT2D eigenvalue weighted by atomic mass is 16.5. The second-order valence-corrected chi connectivity index (χ2v) is 6.36. The molecule has 0 aliphatic carbocycles. The molecule has 1 unspecified atom stereocenters. The van der Waals surface area contributed by atoms with Gasteiger partial charge in [0.25, 0.3) is 0 Å². The van der Waals surface area contributed by atoms with Gasteiger partial charge in [-0.2, -0.15) is 0 Å². The lowest BCUT2D eigenvalue weighted by Crippen LogP contribution is -2.30. The van der Waals surface area contributed by atoms with Crippen LogP contribution in [-0.4, -0.2) is 17.0 Å². The maximum atomic E-state index is 12.2. The first-order valence-electron chi connectivity index (χ1n) is 6.59. The van der Waals surface area contributed by atoms with Crippen molar-refractivity contribution < 1.29 is 9.53 Å². The molecule has 0 bridgehead atoms. The standard InChI is InChI=1S/C16H22O2/c1-15(2)11-13(16(3,4)18-15)10-14(17)12-8-6-5-7-9-12/h5-9,13H,10-11H2,1-4H3. The van der Waals surface area contributed by atoms with E-state index < -0.39 is 0 Å². The first kappa shape index (κ1) is 13.3. The van der Waals surface area contributed by atoms with Crippen molar-refractivity contribution in [2.24, 2.45) is 5.92 Å². The van der Waals surface area contributed by atoms with Crippen LogP contribution in [0.25, 0.3) is 0 Å². The fraction of sp³-hybridized carbons (Fsp3) is 0.562. The fourth-order valence-corrected chi connectivity index (χ4v) is 2.96. The lowest BCUT2D eigenvalue weighted by molar-refractivity contribution is -0.0745. The Bertz CT molecular complexity index is 432. The average Bonchev–Trinajstić information content (AvgIpc) is 2.48. The van der Waals surface area contributed by atoms with Gasteiger partial charge in [-0.1, -0.05) is 30.3 Å². The van der Waals surface area contributed by atoms with Crippen molar-refractivity contribution in [3.8, 4) is 0 Å². The lowest BCUT2D eigenvalue weighted by atomic mass is 9.82. The topological polar surface area (TPSA) is 26.3 Å². The highest BCUT2D eigenvalue weighted by Crippen LogP contribution is 2.43. The molecule has 0 spiro atoms. The zero-order valence-corrected chi connectivity index (χ0v) is 11.7. The third kappa shape index (κ3) is 2.81. The van der Waals surface area contributed by atoms with Crippen molar-refractivity contribution in [3.05, 3.63) is 35.9 Å². The van der Waals surface area contributed by atoms with Crippen LogP contribution in [0, 0.1) is 5.92 Å². The molecule has 0 aromatic heterocycles. The number of carbonyl (C=O) groups is 1. The molecule has 18 heavy (non-hydrogen) atoms. The van der Waals surface area contributed by atoms with Crippen LogP contribution >= 0.6 is 0 Å². The van der Waals surface area contributed by atoms with Gasteiger partial charge in [0.2, 0.25) is 0 Å². The number of Topliss-reactive ketones (excluding diaryl/α,β-unsaturated/α-hetero) is 1. The molecule has 1 heterocycles. The Balaban J connectivity index is 2.09. The van der Waals surface area contributed by atoms with Gasteiger partial charge in [-0.25, -0.2) is 0 Å². The third-order valence-corrected chi connectivity index (χ3v) is 3.79. The van der Waals surface area contributed by atoms with Crippen LogP contribution in [0.3, 0.4) is 0 Å². The van der Waals surface area contributed by atoms with E-state index in [1.165, 1.54) is 0 Å². The molecule has 1 aliphatic rings. The van der Waals surface area contributed by atoms with Crippen molar-refractivity contribution in [2.45, 2.75) is 51.7 Å². The SMILES string of the molecule is CC1(C)CC(CC(=O)c2ccccc2)C(C)(C)O1. The highest BCUT2D eigenvalue weighted by molar-refractivity contribution is 5.96. The smallest absolute Gasteiger partial charge is 0.163 e. The summed E-state index contributed by atoms with van der Waals surface area (Å²) in [7, 11) is 0. The predicted molar refractivity (Wildman–Crippen MR) is 72.7 cm³/mol. The molecule has 1 fully saturated rings. The summed E-state index contributed by atoms with van der Waals surface area (Å²) in [4.78, 5) is 12.2. The molecule has 1 aromatic rings. The largest absolute Gasteiger partial charge is 0.369 e. The van der Waals surface area contributed by atoms with E-state index in [4.69, 9.17) is 4.74 Å². The molecule has 0 N–H and O–H groups in total. The lowest BCUT2D eigenvalue weighted by Gasteiger charge is -2.27. The molecule has 1 aromatic carbocycles. The normalized spacial score (nSPS) is 25.0. The summed E-state index contributed by atoms with van der Waals surface area (Å²) in [6.45, 7) is 8.37. The van der Waals surface area contributed by atoms with Crippen LogP contribution in [-0.2, 0) is 4.74 Å². The second kappa shape index (κ2) is 4.51. The number of carbonyl (C=O) groups excluding carboxylic acids is 1. The van der Waals surface area contributed by atoms with Crippen LogP contribution in [0.2, 0.25) is 0 Å². The molecule has 0 radical (unpaired) electrons. The van der Waals surface area contributed by atoms with Gasteiger partial charge in [0.1, 0.15) is 0 Å². The van der Waals surface area contributed by atoms with Crippen LogP contribution in [0.5, 0.6) is 0 Å². The van der Waals surface area contributed by atoms with Gasteiger partial charge in [-0.05, 0) is 40.0 Å². The first-order valence-corrected chi connectivity index (χ1v) is 6.59. The Morgan fingerprint density at radius 2 is 1.83 bits per heavy atom. The maximum Gasteiger partial charge on any atom is 0.163 e. The number of rotatable bonds is 3. The van der Waals surface area contributed by atoms with Crippen LogP contribution < -0.4 is 0 Å². The van der Waals surface area contributed by atoms with E-state index in [0.29, 0.717) is 12.3 Å². The average molecular weight is 246 g/mol. The van der Waals surface area contributed by atoms with Gasteiger partial charge in [0.15, 0.2) is 5.78 Å². The second-order valence-electron chi connectivity index (χ2n) is 6.36. The van der Waals surface area contributed by atoms with E-state index in [-0.39, 0.29) is 17.0 Å². The number of hydrogen-bond donors (Lipinski definition) is 0. The molecule has 0 amide bonds. The van der Waals surface area contributed by atoms with E-state index in [1.54, 1.807) is 0 Å². The quantitative estimate of drug-likeness (QED) is 0.757. The number of benzene rings is 1. The van der Waals surface area contributed by atoms with E-state index in [9.17, 15) is 4.79 Å². The Morgan fingerprint density at radius 3 is 2.33 bits per heavy atom. The minimum Gasteiger partial charge on any atom is -0.369 e. The summed E-state index contributed by atoms with van der Waals surface area (Å²) >= 11 is 0. The van der Waals surface area contributed by atoms with E-state index in [1.807, 2.05) is 30.3 Å². The molecular weight excluding hydrogens is 224 g/mol. The summed E-state index contributed by atoms with van der Waals surface area (Å²) in [5, 5.41) is 0. The Labute approximate surface area is 109 Å². The van der Waals surface area contributed by atoms with Gasteiger partial charge in [-0.15, -0.1) is 0 Å². The number of ether oxygens (including phenoxy) is 1. The van der Waals surface area contributed by atoms with E-state index in [2.05, 4.69) is 27.7 Å². The highest BCUT2D eigenvalue weighted by Gasteiger charge is 2.46. The molecule has 2 nitrogen and oxygen atoms in total. The van der Waals surface area contributed by atoms with Gasteiger partial charge in [0.05, 0.1) is 11.2 Å². The van der Waals surface area contributed by atoms with E-state index >= 15 is 0 Å². The van der Waals surface area contributed by atoms with Crippen molar-refractivity contribution >= 4 is 5.78 Å². The summed E-state index contributed by atoms with van der Waals surface area (Å²) < 4.78 is 6.03. The summed E-state index contributed by atoms with van der Waals surface area (Å²) in [5.74, 6) is 0.509. The maximum absolute atomic E-state index is 12.2. The summed E-state index contributed by atoms with van der Waals surface area (Å²) in [6.07, 6.45) is 1.51. The molecular formula is C16H22O2. The predicted octanol–water partition coefficient (Wildman–Crippen LogP) is 3.85. The first-order chi connectivity index (χ1) is 8.30. The van der Waals surface area contributed by atoms with Crippen molar-refractivity contribution in [3.63, 3.8) is 0 Å². The van der Waals surface area contributed by atoms with E-state index in [0.717, 1.165) is 12.0 Å². The van der Waals surface area contributed by atoms with Gasteiger partial charge in [0, 0.05) is 12.0 Å². The zero-order valence-electron chi connectivity index (χ0n) is 11.7. The minimum absolute atomic E-state index is 0.120. The molecule has 1 atom stereocenters. The zero-order chi connectivity index (χ0) is 13.4. The molecule has 1 aliphatic heterocycles. The van der Waals surface area contributed by atoms with Gasteiger partial charge >= 0.3 is 0 Å². The summed E-state index contributed by atoms with van der Waals surface area (Å²) in [5.41, 5.74) is 0.469. The Morgan fingerprint density at radius 1 is 1.22 bits per heavy atom. The monoisotopic (exact) mass is 246 g/mol. The summed E-state index contributed by atoms with van der Waals surface area (Å²) in [6, 6.07) is 9.52. The molecule has 2 heteroatoms. The Hall–Kier alpha value is -1.15. The van der Waals surface area contributed by atoms with Crippen molar-refractivity contribution in [1.82, 2.24) is 0 Å². The van der Waals surface area contributed by atoms with Crippen LogP contribution in [0.1, 0.15) is 50.9 Å². The minimum atomic E-state index is -0.214. The molecule has 1 saturated heterocycles. The van der Waals surface area contributed by atoms with Gasteiger partial charge < -0.3 is 4.74 Å². The van der Waals surface area contributed by atoms with Crippen molar-refractivity contribution in [1.29, 1.82) is 0 Å². The van der Waals surface area contributed by atoms with Crippen LogP contribution in [0.4, 0.5) is 0 Å². The Kier molecular flexibility index (Phi) is 3.33. The van der Waals surface area contributed by atoms with Gasteiger partial charge in [-0.3, -0.25) is 4.79 Å². The molecule has 2 rings (SSSR count). The fourth-order valence-electron chi connectivity index (χ4n) is 2.96. The molecule has 98 valence electrons. The third-order valence-electron chi connectivity index (χ3n) is 3.79. The van der Waals surface area contributed by atoms with Crippen LogP contribution in [0.15, 0.2) is 30.3 Å². The molecule has 0 saturated carbocycles. The number of ketones is 1. The number of hydrogen-bond acceptors (Lipinski definition) is 2. The van der Waals surface area contributed by atoms with Crippen molar-refractivity contribution in [2.75, 3.05) is 0 Å².